The summed E-state index contributed by atoms with van der Waals surface area (Å²) < 4.78 is 8.11. The lowest BCUT2D eigenvalue weighted by Crippen LogP contribution is -2.32. The van der Waals surface area contributed by atoms with Crippen LogP contribution in [0.4, 0.5) is 0 Å². The molecule has 1 rings (SSSR count). The molecule has 5 heteroatoms. The van der Waals surface area contributed by atoms with Crippen LogP contribution < -0.4 is 5.09 Å². The maximum atomic E-state index is 5.82. The first-order valence-electron chi connectivity index (χ1n) is 5.71. The zero-order valence-electron chi connectivity index (χ0n) is 9.71. The summed E-state index contributed by atoms with van der Waals surface area (Å²) in [6.07, 6.45) is 2.33. The van der Waals surface area contributed by atoms with Gasteiger partial charge in [-0.05, 0) is 18.8 Å². The van der Waals surface area contributed by atoms with Gasteiger partial charge in [-0.2, -0.15) is 0 Å². The van der Waals surface area contributed by atoms with Crippen molar-refractivity contribution in [2.75, 3.05) is 32.1 Å². The Bertz CT molecular complexity index is 166. The minimum absolute atomic E-state index is 0.573. The molecule has 0 spiro atoms. The van der Waals surface area contributed by atoms with E-state index in [2.05, 4.69) is 23.6 Å². The fraction of sp³-hybridized carbons (Fsp3) is 1.00. The zero-order chi connectivity index (χ0) is 11.1. The Labute approximate surface area is 99.4 Å². The van der Waals surface area contributed by atoms with Crippen molar-refractivity contribution in [1.29, 1.82) is 0 Å². The molecule has 3 nitrogen and oxygen atoms in total. The van der Waals surface area contributed by atoms with Crippen LogP contribution >= 0.6 is 20.1 Å². The lowest BCUT2D eigenvalue weighted by Gasteiger charge is -2.33. The third-order valence-corrected chi connectivity index (χ3v) is 4.35. The molecular formula is C10H22ClN2OP. The second kappa shape index (κ2) is 7.81. The van der Waals surface area contributed by atoms with Gasteiger partial charge in [0.1, 0.15) is 0 Å². The quantitative estimate of drug-likeness (QED) is 0.581. The van der Waals surface area contributed by atoms with Gasteiger partial charge in [-0.25, -0.2) is 4.67 Å². The first-order valence-corrected chi connectivity index (χ1v) is 7.46. The van der Waals surface area contributed by atoms with Crippen molar-refractivity contribution in [2.45, 2.75) is 26.7 Å². The molecule has 1 N–H and O–H groups in total. The fourth-order valence-electron chi connectivity index (χ4n) is 1.42. The largest absolute Gasteiger partial charge is 0.331 e. The molecule has 1 fully saturated rings. The number of hydrogen-bond donors (Lipinski definition) is 1. The molecule has 1 heterocycles. The second-order valence-corrected chi connectivity index (χ2v) is 6.26. The molecule has 0 amide bonds. The molecule has 1 aliphatic rings. The first-order chi connectivity index (χ1) is 7.24. The molecule has 15 heavy (non-hydrogen) atoms. The fourth-order valence-corrected chi connectivity index (χ4v) is 3.43. The van der Waals surface area contributed by atoms with Gasteiger partial charge in [-0.15, -0.1) is 11.6 Å². The molecule has 1 atom stereocenters. The van der Waals surface area contributed by atoms with Gasteiger partial charge in [-0.3, -0.25) is 5.09 Å². The molecule has 0 bridgehead atoms. The Morgan fingerprint density at radius 3 is 2.80 bits per heavy atom. The third-order valence-electron chi connectivity index (χ3n) is 2.35. The summed E-state index contributed by atoms with van der Waals surface area (Å²) in [4.78, 5) is 0. The standard InChI is InChI=1S/C10H22ClN2OP/c1-10(2)4-7-13(8-5-11)15-12-6-3-9-14-15/h10,12H,3-9H2,1-2H3. The van der Waals surface area contributed by atoms with Gasteiger partial charge in [0.2, 0.25) is 0 Å². The van der Waals surface area contributed by atoms with Crippen LogP contribution in [0, 0.1) is 5.92 Å². The zero-order valence-corrected chi connectivity index (χ0v) is 11.4. The van der Waals surface area contributed by atoms with Gasteiger partial charge in [0.05, 0.1) is 6.61 Å². The average Bonchev–Trinajstić information content (AvgIpc) is 2.25. The Morgan fingerprint density at radius 1 is 1.47 bits per heavy atom. The predicted molar refractivity (Wildman–Crippen MR) is 67.2 cm³/mol. The molecule has 90 valence electrons. The van der Waals surface area contributed by atoms with E-state index in [0.29, 0.717) is 5.88 Å². The highest BCUT2D eigenvalue weighted by molar-refractivity contribution is 7.47. The number of hydrogen-bond acceptors (Lipinski definition) is 3. The SMILES string of the molecule is CC(C)CCN(CCCl)P1NCCCO1. The summed E-state index contributed by atoms with van der Waals surface area (Å²) in [6, 6.07) is 0. The van der Waals surface area contributed by atoms with Crippen molar-refractivity contribution in [3.05, 3.63) is 0 Å². The van der Waals surface area contributed by atoms with Crippen molar-refractivity contribution >= 4 is 20.1 Å². The molecule has 1 unspecified atom stereocenters. The van der Waals surface area contributed by atoms with Gasteiger partial charge >= 0.3 is 0 Å². The highest BCUT2D eigenvalue weighted by Crippen LogP contribution is 2.39. The van der Waals surface area contributed by atoms with Gasteiger partial charge in [0, 0.05) is 25.5 Å². The lowest BCUT2D eigenvalue weighted by molar-refractivity contribution is 0.270. The molecule has 0 aliphatic carbocycles. The second-order valence-electron chi connectivity index (χ2n) is 4.19. The van der Waals surface area contributed by atoms with Crippen LogP contribution in [-0.2, 0) is 4.52 Å². The van der Waals surface area contributed by atoms with Crippen molar-refractivity contribution in [3.8, 4) is 0 Å². The van der Waals surface area contributed by atoms with Crippen molar-refractivity contribution in [3.63, 3.8) is 0 Å². The molecular weight excluding hydrogens is 231 g/mol. The molecule has 1 saturated heterocycles. The first kappa shape index (κ1) is 13.7. The summed E-state index contributed by atoms with van der Waals surface area (Å²) in [6.45, 7) is 8.48. The van der Waals surface area contributed by atoms with Crippen LogP contribution in [0.2, 0.25) is 0 Å². The Morgan fingerprint density at radius 2 is 2.27 bits per heavy atom. The molecule has 0 aromatic heterocycles. The average molecular weight is 253 g/mol. The summed E-state index contributed by atoms with van der Waals surface area (Å²) in [5, 5.41) is 3.44. The topological polar surface area (TPSA) is 24.5 Å². The number of nitrogens with one attached hydrogen (secondary N) is 1. The molecule has 0 aromatic carbocycles. The molecule has 0 aromatic rings. The smallest absolute Gasteiger partial charge is 0.185 e. The van der Waals surface area contributed by atoms with Gasteiger partial charge in [-0.1, -0.05) is 13.8 Å². The minimum atomic E-state index is -0.573. The van der Waals surface area contributed by atoms with Crippen LogP contribution in [0.3, 0.4) is 0 Å². The number of rotatable bonds is 6. The molecule has 0 saturated carbocycles. The number of nitrogens with zero attached hydrogens (tertiary/aromatic N) is 1. The van der Waals surface area contributed by atoms with E-state index in [0.717, 1.165) is 38.6 Å². The molecule has 1 aliphatic heterocycles. The van der Waals surface area contributed by atoms with E-state index < -0.39 is 8.45 Å². The lowest BCUT2D eigenvalue weighted by atomic mass is 10.1. The Balaban J connectivity index is 2.33. The summed E-state index contributed by atoms with van der Waals surface area (Å²) in [5.41, 5.74) is 0. The highest BCUT2D eigenvalue weighted by atomic mass is 35.5. The normalized spacial score (nSPS) is 22.6. The third kappa shape index (κ3) is 5.46. The van der Waals surface area contributed by atoms with E-state index in [9.17, 15) is 0 Å². The van der Waals surface area contributed by atoms with Gasteiger partial charge in [0.15, 0.2) is 8.45 Å². The van der Waals surface area contributed by atoms with Gasteiger partial charge in [0.25, 0.3) is 0 Å². The van der Waals surface area contributed by atoms with Crippen LogP contribution in [0.25, 0.3) is 0 Å². The predicted octanol–water partition coefficient (Wildman–Crippen LogP) is 2.81. The van der Waals surface area contributed by atoms with Crippen molar-refractivity contribution in [2.24, 2.45) is 5.92 Å². The molecule has 0 radical (unpaired) electrons. The van der Waals surface area contributed by atoms with E-state index >= 15 is 0 Å². The van der Waals surface area contributed by atoms with E-state index in [4.69, 9.17) is 16.1 Å². The van der Waals surface area contributed by atoms with Crippen LogP contribution in [0.15, 0.2) is 0 Å². The van der Waals surface area contributed by atoms with Crippen molar-refractivity contribution < 1.29 is 4.52 Å². The Kier molecular flexibility index (Phi) is 7.11. The van der Waals surface area contributed by atoms with E-state index in [1.807, 2.05) is 0 Å². The van der Waals surface area contributed by atoms with Crippen LogP contribution in [0.5, 0.6) is 0 Å². The maximum absolute atomic E-state index is 5.82. The van der Waals surface area contributed by atoms with E-state index in [1.54, 1.807) is 0 Å². The number of halogens is 1. The highest BCUT2D eigenvalue weighted by Gasteiger charge is 2.21. The van der Waals surface area contributed by atoms with Crippen molar-refractivity contribution in [1.82, 2.24) is 9.76 Å². The summed E-state index contributed by atoms with van der Waals surface area (Å²) in [5.74, 6) is 1.42. The van der Waals surface area contributed by atoms with Gasteiger partial charge < -0.3 is 4.52 Å². The Hall–Kier alpha value is 0.600. The van der Waals surface area contributed by atoms with Crippen LogP contribution in [-0.4, -0.2) is 36.8 Å². The van der Waals surface area contributed by atoms with E-state index in [-0.39, 0.29) is 0 Å². The van der Waals surface area contributed by atoms with E-state index in [1.165, 1.54) is 6.42 Å². The minimum Gasteiger partial charge on any atom is -0.331 e. The summed E-state index contributed by atoms with van der Waals surface area (Å²) >= 11 is 5.82. The number of alkyl halides is 1. The monoisotopic (exact) mass is 252 g/mol. The maximum Gasteiger partial charge on any atom is 0.185 e. The van der Waals surface area contributed by atoms with Crippen LogP contribution in [0.1, 0.15) is 26.7 Å². The summed E-state index contributed by atoms with van der Waals surface area (Å²) in [7, 11) is -0.573.